The van der Waals surface area contributed by atoms with Crippen LogP contribution in [-0.2, 0) is 6.42 Å². The third kappa shape index (κ3) is 1.67. The lowest BCUT2D eigenvalue weighted by atomic mass is 10.0. The van der Waals surface area contributed by atoms with E-state index in [1.54, 1.807) is 12.1 Å². The minimum atomic E-state index is -0.352. The van der Waals surface area contributed by atoms with E-state index in [2.05, 4.69) is 9.98 Å². The monoisotopic (exact) mass is 277 g/mol. The Labute approximate surface area is 120 Å². The Kier molecular flexibility index (Phi) is 2.41. The highest BCUT2D eigenvalue weighted by Crippen LogP contribution is 2.42. The molecule has 1 N–H and O–H groups in total. The molecular formula is C16H11N3O2. The lowest BCUT2D eigenvalue weighted by Crippen LogP contribution is -1.93. The summed E-state index contributed by atoms with van der Waals surface area (Å²) < 4.78 is 0. The van der Waals surface area contributed by atoms with E-state index in [-0.39, 0.29) is 10.6 Å². The largest absolute Gasteiger partial charge is 0.354 e. The fourth-order valence-corrected chi connectivity index (χ4v) is 2.90. The summed E-state index contributed by atoms with van der Waals surface area (Å²) in [5, 5.41) is 12.4. The number of aliphatic imine (C=N–C) groups is 1. The van der Waals surface area contributed by atoms with E-state index in [1.807, 2.05) is 30.5 Å². The van der Waals surface area contributed by atoms with Gasteiger partial charge in [0, 0.05) is 29.6 Å². The van der Waals surface area contributed by atoms with Gasteiger partial charge in [0.2, 0.25) is 0 Å². The van der Waals surface area contributed by atoms with Crippen molar-refractivity contribution in [2.45, 2.75) is 6.42 Å². The van der Waals surface area contributed by atoms with Crippen LogP contribution in [0, 0.1) is 10.1 Å². The number of fused-ring (bicyclic) bond motifs is 5. The van der Waals surface area contributed by atoms with Gasteiger partial charge in [0.1, 0.15) is 5.56 Å². The summed E-state index contributed by atoms with van der Waals surface area (Å²) in [5.41, 5.74) is 4.14. The molecule has 0 unspecified atom stereocenters. The first-order valence-corrected chi connectivity index (χ1v) is 6.65. The quantitative estimate of drug-likeness (QED) is 0.539. The van der Waals surface area contributed by atoms with Gasteiger partial charge in [0.05, 0.1) is 16.3 Å². The third-order valence-electron chi connectivity index (χ3n) is 3.81. The predicted molar refractivity (Wildman–Crippen MR) is 82.2 cm³/mol. The van der Waals surface area contributed by atoms with Gasteiger partial charge in [-0.05, 0) is 17.7 Å². The lowest BCUT2D eigenvalue weighted by Gasteiger charge is -2.04. The zero-order valence-corrected chi connectivity index (χ0v) is 11.0. The molecule has 0 fully saturated rings. The SMILES string of the molecule is O=[N+]([O-])c1cccc2c1-c1[nH]c3ccccc3c1CC=N2. The molecule has 5 nitrogen and oxygen atoms in total. The Morgan fingerprint density at radius 1 is 1.14 bits per heavy atom. The van der Waals surface area contributed by atoms with E-state index in [0.717, 1.165) is 22.2 Å². The topological polar surface area (TPSA) is 71.3 Å². The summed E-state index contributed by atoms with van der Waals surface area (Å²) in [6, 6.07) is 12.9. The second-order valence-electron chi connectivity index (χ2n) is 4.97. The number of nitrogens with one attached hydrogen (secondary N) is 1. The number of nitrogens with zero attached hydrogens (tertiary/aromatic N) is 2. The van der Waals surface area contributed by atoms with Crippen LogP contribution >= 0.6 is 0 Å². The minimum Gasteiger partial charge on any atom is -0.354 e. The Balaban J connectivity index is 2.14. The molecule has 2 heterocycles. The van der Waals surface area contributed by atoms with Crippen molar-refractivity contribution in [3.63, 3.8) is 0 Å². The van der Waals surface area contributed by atoms with E-state index in [4.69, 9.17) is 0 Å². The van der Waals surface area contributed by atoms with Crippen LogP contribution in [0.15, 0.2) is 47.5 Å². The van der Waals surface area contributed by atoms with Gasteiger partial charge in [-0.1, -0.05) is 24.3 Å². The number of benzene rings is 2. The van der Waals surface area contributed by atoms with E-state index in [0.29, 0.717) is 17.7 Å². The van der Waals surface area contributed by atoms with Crippen LogP contribution in [0.3, 0.4) is 0 Å². The maximum Gasteiger partial charge on any atom is 0.280 e. The standard InChI is InChI=1S/C16H11N3O2/c20-19(21)14-7-3-6-13-15(14)16-11(8-9-17-13)10-4-1-2-5-12(10)18-16/h1-7,9,18H,8H2. The van der Waals surface area contributed by atoms with Gasteiger partial charge >= 0.3 is 0 Å². The van der Waals surface area contributed by atoms with Gasteiger partial charge in [-0.15, -0.1) is 0 Å². The lowest BCUT2D eigenvalue weighted by molar-refractivity contribution is -0.384. The number of aromatic nitrogens is 1. The molecule has 0 atom stereocenters. The second kappa shape index (κ2) is 4.28. The number of hydrogen-bond donors (Lipinski definition) is 1. The smallest absolute Gasteiger partial charge is 0.280 e. The zero-order chi connectivity index (χ0) is 14.4. The summed E-state index contributed by atoms with van der Waals surface area (Å²) in [6.45, 7) is 0. The van der Waals surface area contributed by atoms with Crippen molar-refractivity contribution in [3.8, 4) is 11.3 Å². The first-order chi connectivity index (χ1) is 10.3. The Hall–Kier alpha value is -2.95. The van der Waals surface area contributed by atoms with Gasteiger partial charge in [-0.2, -0.15) is 0 Å². The number of para-hydroxylation sites is 1. The minimum absolute atomic E-state index is 0.0827. The van der Waals surface area contributed by atoms with Gasteiger partial charge < -0.3 is 4.98 Å². The van der Waals surface area contributed by atoms with Gasteiger partial charge in [0.25, 0.3) is 5.69 Å². The molecule has 0 aliphatic carbocycles. The third-order valence-corrected chi connectivity index (χ3v) is 3.81. The van der Waals surface area contributed by atoms with Crippen molar-refractivity contribution < 1.29 is 4.92 Å². The molecule has 1 aliphatic rings. The van der Waals surface area contributed by atoms with Crippen LogP contribution in [0.2, 0.25) is 0 Å². The fraction of sp³-hybridized carbons (Fsp3) is 0.0625. The summed E-state index contributed by atoms with van der Waals surface area (Å²) in [5.74, 6) is 0. The van der Waals surface area contributed by atoms with Crippen LogP contribution in [-0.4, -0.2) is 16.1 Å². The molecule has 0 bridgehead atoms. The molecular weight excluding hydrogens is 266 g/mol. The van der Waals surface area contributed by atoms with Gasteiger partial charge in [-0.25, -0.2) is 0 Å². The van der Waals surface area contributed by atoms with Crippen molar-refractivity contribution in [1.29, 1.82) is 0 Å². The van der Waals surface area contributed by atoms with Crippen molar-refractivity contribution >= 4 is 28.5 Å². The predicted octanol–water partition coefficient (Wildman–Crippen LogP) is 4.00. The number of nitro groups is 1. The van der Waals surface area contributed by atoms with E-state index in [9.17, 15) is 10.1 Å². The maximum absolute atomic E-state index is 11.3. The Morgan fingerprint density at radius 2 is 2.00 bits per heavy atom. The van der Waals surface area contributed by atoms with Crippen molar-refractivity contribution in [2.75, 3.05) is 0 Å². The molecule has 102 valence electrons. The number of H-pyrrole nitrogens is 1. The van der Waals surface area contributed by atoms with E-state index < -0.39 is 0 Å². The molecule has 1 aliphatic heterocycles. The molecule has 1 aromatic heterocycles. The van der Waals surface area contributed by atoms with Crippen LogP contribution < -0.4 is 0 Å². The summed E-state index contributed by atoms with van der Waals surface area (Å²) in [7, 11) is 0. The average Bonchev–Trinajstić information content (AvgIpc) is 2.75. The molecule has 4 rings (SSSR count). The number of aromatic amines is 1. The summed E-state index contributed by atoms with van der Waals surface area (Å²) in [6.07, 6.45) is 2.47. The first-order valence-electron chi connectivity index (χ1n) is 6.65. The highest BCUT2D eigenvalue weighted by atomic mass is 16.6. The Bertz CT molecular complexity index is 909. The summed E-state index contributed by atoms with van der Waals surface area (Å²) >= 11 is 0. The normalized spacial score (nSPS) is 12.8. The van der Waals surface area contributed by atoms with Crippen LogP contribution in [0.4, 0.5) is 11.4 Å². The molecule has 5 heteroatoms. The number of hydrogen-bond acceptors (Lipinski definition) is 3. The van der Waals surface area contributed by atoms with Gasteiger partial charge in [-0.3, -0.25) is 15.1 Å². The van der Waals surface area contributed by atoms with Crippen LogP contribution in [0.25, 0.3) is 22.2 Å². The molecule has 0 saturated heterocycles. The molecule has 3 aromatic rings. The molecule has 2 aromatic carbocycles. The molecule has 21 heavy (non-hydrogen) atoms. The molecule has 0 amide bonds. The van der Waals surface area contributed by atoms with Gasteiger partial charge in [0.15, 0.2) is 0 Å². The number of rotatable bonds is 1. The van der Waals surface area contributed by atoms with Crippen molar-refractivity contribution in [2.24, 2.45) is 4.99 Å². The molecule has 0 saturated carbocycles. The highest BCUT2D eigenvalue weighted by molar-refractivity contribution is 5.99. The maximum atomic E-state index is 11.3. The number of nitro benzene ring substituents is 1. The van der Waals surface area contributed by atoms with E-state index in [1.165, 1.54) is 6.07 Å². The zero-order valence-electron chi connectivity index (χ0n) is 11.0. The second-order valence-corrected chi connectivity index (χ2v) is 4.97. The van der Waals surface area contributed by atoms with Crippen LogP contribution in [0.1, 0.15) is 5.56 Å². The molecule has 0 radical (unpaired) electrons. The van der Waals surface area contributed by atoms with E-state index >= 15 is 0 Å². The van der Waals surface area contributed by atoms with Crippen LogP contribution in [0.5, 0.6) is 0 Å². The Morgan fingerprint density at radius 3 is 2.86 bits per heavy atom. The summed E-state index contributed by atoms with van der Waals surface area (Å²) in [4.78, 5) is 18.7. The fourth-order valence-electron chi connectivity index (χ4n) is 2.90. The molecule has 0 spiro atoms. The highest BCUT2D eigenvalue weighted by Gasteiger charge is 2.25. The van der Waals surface area contributed by atoms with Crippen molar-refractivity contribution in [3.05, 3.63) is 58.1 Å². The van der Waals surface area contributed by atoms with Crippen molar-refractivity contribution in [1.82, 2.24) is 4.98 Å². The average molecular weight is 277 g/mol. The first kappa shape index (κ1) is 11.8.